The van der Waals surface area contributed by atoms with E-state index in [-0.39, 0.29) is 18.3 Å². The molecule has 1 amide bonds. The van der Waals surface area contributed by atoms with Crippen LogP contribution in [-0.2, 0) is 13.7 Å². The summed E-state index contributed by atoms with van der Waals surface area (Å²) in [6.45, 7) is 0.983. The van der Waals surface area contributed by atoms with Crippen LogP contribution in [0.5, 0.6) is 5.75 Å². The van der Waals surface area contributed by atoms with Crippen LogP contribution in [0.25, 0.3) is 10.9 Å². The average Bonchev–Trinajstić information content (AvgIpc) is 3.16. The Kier molecular flexibility index (Phi) is 6.69. The molecule has 1 aromatic carbocycles. The molecule has 1 aliphatic heterocycles. The third-order valence-electron chi connectivity index (χ3n) is 5.51. The number of hydrogen-bond acceptors (Lipinski definition) is 6. The number of nitrogens with one attached hydrogen (secondary N) is 1. The molecule has 8 nitrogen and oxygen atoms in total. The molecular weight excluding hydrogens is 444 g/mol. The second-order valence-corrected chi connectivity index (χ2v) is 8.09. The quantitative estimate of drug-likeness (QED) is 0.528. The maximum absolute atomic E-state index is 15.1. The van der Waals surface area contributed by atoms with E-state index in [0.717, 1.165) is 5.69 Å². The van der Waals surface area contributed by atoms with Crippen LogP contribution in [-0.4, -0.2) is 56.1 Å². The van der Waals surface area contributed by atoms with Gasteiger partial charge >= 0.3 is 5.92 Å². The summed E-state index contributed by atoms with van der Waals surface area (Å²) in [5.74, 6) is -3.88. The number of ether oxygens (including phenoxy) is 1. The number of nitrogens with zero attached hydrogens (tertiary/aromatic N) is 4. The van der Waals surface area contributed by atoms with Crippen molar-refractivity contribution in [1.29, 1.82) is 0 Å². The summed E-state index contributed by atoms with van der Waals surface area (Å²) in [4.78, 5) is 21.3. The smallest absolute Gasteiger partial charge is 0.311 e. The third kappa shape index (κ3) is 4.81. The van der Waals surface area contributed by atoms with Crippen LogP contribution in [0.2, 0.25) is 0 Å². The van der Waals surface area contributed by atoms with E-state index in [4.69, 9.17) is 4.74 Å². The lowest BCUT2D eigenvalue weighted by molar-refractivity contribution is 0.0105. The molecule has 2 atom stereocenters. The maximum atomic E-state index is 15.1. The molecule has 3 heterocycles. The average molecular weight is 469 g/mol. The zero-order valence-corrected chi connectivity index (χ0v) is 18.8. The fraction of sp³-hybridized carbons (Fsp3) is 0.333. The molecule has 0 bridgehead atoms. The van der Waals surface area contributed by atoms with Gasteiger partial charge in [-0.25, -0.2) is 0 Å². The number of carbonyl (C=O) groups excluding carboxylic acids is 1. The van der Waals surface area contributed by atoms with E-state index >= 15 is 8.78 Å². The Bertz CT molecular complexity index is 1240. The Morgan fingerprint density at radius 2 is 2.18 bits per heavy atom. The fourth-order valence-corrected chi connectivity index (χ4v) is 3.74. The molecule has 0 radical (unpaired) electrons. The number of aliphatic hydroxyl groups excluding tert-OH is 1. The van der Waals surface area contributed by atoms with E-state index < -0.39 is 30.2 Å². The minimum atomic E-state index is -3.55. The molecule has 0 saturated heterocycles. The number of allylic oxidation sites excluding steroid dienone is 1. The first kappa shape index (κ1) is 23.5. The molecule has 0 fully saturated rings. The van der Waals surface area contributed by atoms with Crippen LogP contribution in [0.15, 0.2) is 59.7 Å². The van der Waals surface area contributed by atoms with E-state index in [1.807, 2.05) is 12.1 Å². The van der Waals surface area contributed by atoms with Crippen molar-refractivity contribution in [2.24, 2.45) is 12.0 Å². The van der Waals surface area contributed by atoms with Gasteiger partial charge in [-0.05, 0) is 49.8 Å². The monoisotopic (exact) mass is 469 g/mol. The van der Waals surface area contributed by atoms with Gasteiger partial charge in [0.1, 0.15) is 29.8 Å². The van der Waals surface area contributed by atoms with Crippen molar-refractivity contribution in [2.75, 3.05) is 6.61 Å². The zero-order chi connectivity index (χ0) is 24.3. The molecule has 10 heteroatoms. The predicted molar refractivity (Wildman–Crippen MR) is 123 cm³/mol. The van der Waals surface area contributed by atoms with Crippen molar-refractivity contribution in [1.82, 2.24) is 20.1 Å². The lowest BCUT2D eigenvalue weighted by atomic mass is 10.0. The number of aliphatic imine (C=N–C) groups is 1. The van der Waals surface area contributed by atoms with Crippen molar-refractivity contribution < 1.29 is 23.4 Å². The summed E-state index contributed by atoms with van der Waals surface area (Å²) >= 11 is 0. The second-order valence-electron chi connectivity index (χ2n) is 8.09. The molecule has 2 N–H and O–H groups in total. The van der Waals surface area contributed by atoms with Crippen LogP contribution in [0.4, 0.5) is 8.78 Å². The maximum Gasteiger partial charge on any atom is 0.311 e. The lowest BCUT2D eigenvalue weighted by Gasteiger charge is -2.28. The number of fused-ring (bicyclic) bond motifs is 1. The van der Waals surface area contributed by atoms with Crippen LogP contribution < -0.4 is 10.1 Å². The summed E-state index contributed by atoms with van der Waals surface area (Å²) in [5.41, 5.74) is 0.833. The Labute approximate surface area is 195 Å². The number of rotatable bonds is 8. The standard InChI is InChI=1S/C24H25F2N5O3/c1-15-6-5-8-20(28-15)24(25,26)21(13-32)29-23(33)22-18-12-17(9-10-19(18)30-31(22)2)34-14-16-7-3-4-11-27-16/h3-5,7-12,15,21,32H,6,13-14H2,1-2H3,(H,29,33). The summed E-state index contributed by atoms with van der Waals surface area (Å²) in [5, 5.41) is 16.7. The number of pyridine rings is 1. The fourth-order valence-electron chi connectivity index (χ4n) is 3.74. The molecule has 0 spiro atoms. The molecule has 1 aliphatic rings. The molecule has 0 aliphatic carbocycles. The van der Waals surface area contributed by atoms with Crippen LogP contribution in [0.1, 0.15) is 29.5 Å². The molecule has 34 heavy (non-hydrogen) atoms. The summed E-state index contributed by atoms with van der Waals surface area (Å²) in [6, 6.07) is 8.33. The first-order valence-corrected chi connectivity index (χ1v) is 10.8. The number of hydrogen-bond donors (Lipinski definition) is 2. The van der Waals surface area contributed by atoms with Gasteiger partial charge in [0.15, 0.2) is 0 Å². The van der Waals surface area contributed by atoms with E-state index in [1.165, 1.54) is 10.8 Å². The Morgan fingerprint density at radius 1 is 1.35 bits per heavy atom. The Balaban J connectivity index is 1.57. The number of aryl methyl sites for hydroxylation is 1. The highest BCUT2D eigenvalue weighted by Crippen LogP contribution is 2.27. The highest BCUT2D eigenvalue weighted by atomic mass is 19.3. The SMILES string of the molecule is CC1CC=CC(C(F)(F)C(CO)NC(=O)c2c3cc(OCc4ccccn4)ccc3nn2C)=N1. The van der Waals surface area contributed by atoms with Crippen molar-refractivity contribution in [3.05, 3.63) is 66.1 Å². The minimum Gasteiger partial charge on any atom is -0.487 e. The molecule has 2 unspecified atom stereocenters. The lowest BCUT2D eigenvalue weighted by Crippen LogP contribution is -2.54. The van der Waals surface area contributed by atoms with Gasteiger partial charge in [-0.3, -0.25) is 19.5 Å². The molecule has 3 aromatic rings. The highest BCUT2D eigenvalue weighted by molar-refractivity contribution is 6.06. The number of carbonyl (C=O) groups is 1. The minimum absolute atomic E-state index is 0.0713. The largest absolute Gasteiger partial charge is 0.487 e. The van der Waals surface area contributed by atoms with Gasteiger partial charge in [-0.2, -0.15) is 13.9 Å². The molecular formula is C24H25F2N5O3. The Hall–Kier alpha value is -3.66. The number of amides is 1. The molecule has 4 rings (SSSR count). The summed E-state index contributed by atoms with van der Waals surface area (Å²) in [7, 11) is 1.55. The first-order chi connectivity index (χ1) is 16.3. The van der Waals surface area contributed by atoms with Crippen molar-refractivity contribution in [2.45, 2.75) is 38.0 Å². The number of aromatic nitrogens is 3. The number of halogens is 2. The van der Waals surface area contributed by atoms with E-state index in [0.29, 0.717) is 23.1 Å². The zero-order valence-electron chi connectivity index (χ0n) is 18.8. The van der Waals surface area contributed by atoms with Gasteiger partial charge in [0, 0.05) is 18.6 Å². The van der Waals surface area contributed by atoms with Crippen molar-refractivity contribution in [3.8, 4) is 5.75 Å². The van der Waals surface area contributed by atoms with Gasteiger partial charge in [0.25, 0.3) is 5.91 Å². The molecule has 2 aromatic heterocycles. The van der Waals surface area contributed by atoms with Crippen LogP contribution >= 0.6 is 0 Å². The first-order valence-electron chi connectivity index (χ1n) is 10.8. The van der Waals surface area contributed by atoms with Crippen molar-refractivity contribution in [3.63, 3.8) is 0 Å². The summed E-state index contributed by atoms with van der Waals surface area (Å²) in [6.07, 6.45) is 5.06. The third-order valence-corrected chi connectivity index (χ3v) is 5.51. The summed E-state index contributed by atoms with van der Waals surface area (Å²) < 4.78 is 37.3. The van der Waals surface area contributed by atoms with E-state index in [1.54, 1.807) is 50.5 Å². The Morgan fingerprint density at radius 3 is 2.88 bits per heavy atom. The molecule has 178 valence electrons. The number of benzene rings is 1. The van der Waals surface area contributed by atoms with Gasteiger partial charge < -0.3 is 15.2 Å². The highest BCUT2D eigenvalue weighted by Gasteiger charge is 2.45. The second kappa shape index (κ2) is 9.68. The van der Waals surface area contributed by atoms with Gasteiger partial charge in [-0.1, -0.05) is 12.1 Å². The molecule has 0 saturated carbocycles. The van der Waals surface area contributed by atoms with Crippen LogP contribution in [0, 0.1) is 0 Å². The topological polar surface area (TPSA) is 102 Å². The predicted octanol–water partition coefficient (Wildman–Crippen LogP) is 3.06. The van der Waals surface area contributed by atoms with E-state index in [2.05, 4.69) is 20.4 Å². The van der Waals surface area contributed by atoms with Gasteiger partial charge in [-0.15, -0.1) is 0 Å². The van der Waals surface area contributed by atoms with Gasteiger partial charge in [0.05, 0.1) is 23.9 Å². The van der Waals surface area contributed by atoms with Crippen LogP contribution in [0.3, 0.4) is 0 Å². The normalized spacial score (nSPS) is 16.9. The number of dihydropyridines is 1. The van der Waals surface area contributed by atoms with Gasteiger partial charge in [0.2, 0.25) is 0 Å². The number of aliphatic hydroxyl groups is 1. The van der Waals surface area contributed by atoms with Crippen molar-refractivity contribution >= 4 is 22.5 Å². The number of alkyl halides is 2. The van der Waals surface area contributed by atoms with E-state index in [9.17, 15) is 9.90 Å².